The molecular formula is C19H31N3O3. The number of benzene rings is 1. The zero-order chi connectivity index (χ0) is 18.1. The Morgan fingerprint density at radius 3 is 2.76 bits per heavy atom. The second-order valence-electron chi connectivity index (χ2n) is 6.95. The summed E-state index contributed by atoms with van der Waals surface area (Å²) in [5.74, 6) is 0.914. The molecule has 0 spiro atoms. The van der Waals surface area contributed by atoms with E-state index in [1.54, 1.807) is 7.11 Å². The van der Waals surface area contributed by atoms with E-state index in [0.29, 0.717) is 19.8 Å². The predicted molar refractivity (Wildman–Crippen MR) is 98.8 cm³/mol. The van der Waals surface area contributed by atoms with Gasteiger partial charge >= 0.3 is 0 Å². The van der Waals surface area contributed by atoms with Crippen LogP contribution in [0.3, 0.4) is 0 Å². The molecule has 0 unspecified atom stereocenters. The maximum Gasteiger partial charge on any atom is 0.228 e. The number of piperidine rings is 1. The second kappa shape index (κ2) is 9.75. The van der Waals surface area contributed by atoms with Crippen LogP contribution in [-0.4, -0.2) is 64.9 Å². The van der Waals surface area contributed by atoms with E-state index in [-0.39, 0.29) is 5.91 Å². The van der Waals surface area contributed by atoms with Crippen LogP contribution in [0.2, 0.25) is 0 Å². The van der Waals surface area contributed by atoms with Gasteiger partial charge in [0.1, 0.15) is 12.4 Å². The molecule has 6 heteroatoms. The van der Waals surface area contributed by atoms with Gasteiger partial charge in [-0.1, -0.05) is 12.1 Å². The Labute approximate surface area is 150 Å². The van der Waals surface area contributed by atoms with Gasteiger partial charge in [0.25, 0.3) is 0 Å². The quantitative estimate of drug-likeness (QED) is 0.703. The number of carbonyl (C=O) groups is 1. The molecule has 1 aromatic carbocycles. The van der Waals surface area contributed by atoms with Crippen LogP contribution < -0.4 is 15.4 Å². The van der Waals surface area contributed by atoms with Crippen LogP contribution in [0.4, 0.5) is 0 Å². The lowest BCUT2D eigenvalue weighted by atomic mass is 9.78. The number of likely N-dealkylation sites (N-methyl/N-ethyl adjacent to an activating group) is 1. The monoisotopic (exact) mass is 349 g/mol. The van der Waals surface area contributed by atoms with Crippen molar-refractivity contribution >= 4 is 5.91 Å². The number of rotatable bonds is 9. The summed E-state index contributed by atoms with van der Waals surface area (Å²) in [6.45, 7) is 4.19. The van der Waals surface area contributed by atoms with Crippen LogP contribution in [0.1, 0.15) is 18.4 Å². The highest BCUT2D eigenvalue weighted by Crippen LogP contribution is 2.29. The number of nitrogens with zero attached hydrogens (tertiary/aromatic N) is 1. The highest BCUT2D eigenvalue weighted by molar-refractivity contribution is 5.83. The molecule has 1 amide bonds. The van der Waals surface area contributed by atoms with Crippen molar-refractivity contribution in [2.24, 2.45) is 5.41 Å². The third kappa shape index (κ3) is 5.99. The van der Waals surface area contributed by atoms with Gasteiger partial charge in [0, 0.05) is 20.2 Å². The molecule has 0 aromatic heterocycles. The summed E-state index contributed by atoms with van der Waals surface area (Å²) in [5.41, 5.74) is 0.622. The summed E-state index contributed by atoms with van der Waals surface area (Å²) in [6.07, 6.45) is 1.61. The molecular weight excluding hydrogens is 318 g/mol. The highest BCUT2D eigenvalue weighted by atomic mass is 16.5. The molecule has 1 saturated heterocycles. The van der Waals surface area contributed by atoms with Gasteiger partial charge in [-0.3, -0.25) is 4.79 Å². The fraction of sp³-hybridized carbons (Fsp3) is 0.632. The predicted octanol–water partition coefficient (Wildman–Crippen LogP) is 1.26. The fourth-order valence-corrected chi connectivity index (χ4v) is 3.08. The van der Waals surface area contributed by atoms with Gasteiger partial charge in [0.05, 0.1) is 12.0 Å². The van der Waals surface area contributed by atoms with E-state index in [0.717, 1.165) is 43.8 Å². The number of hydrogen-bond acceptors (Lipinski definition) is 5. The van der Waals surface area contributed by atoms with Gasteiger partial charge in [-0.2, -0.15) is 0 Å². The Morgan fingerprint density at radius 1 is 1.32 bits per heavy atom. The van der Waals surface area contributed by atoms with Crippen LogP contribution in [0.5, 0.6) is 5.75 Å². The van der Waals surface area contributed by atoms with Crippen LogP contribution in [0, 0.1) is 5.41 Å². The first kappa shape index (κ1) is 19.7. The first-order chi connectivity index (χ1) is 12.1. The van der Waals surface area contributed by atoms with E-state index in [9.17, 15) is 4.79 Å². The molecule has 1 heterocycles. The summed E-state index contributed by atoms with van der Waals surface area (Å²) in [5, 5.41) is 6.39. The molecule has 0 saturated carbocycles. The van der Waals surface area contributed by atoms with Crippen molar-refractivity contribution in [1.29, 1.82) is 0 Å². The topological polar surface area (TPSA) is 62.8 Å². The largest absolute Gasteiger partial charge is 0.492 e. The number of methoxy groups -OCH3 is 1. The van der Waals surface area contributed by atoms with Crippen molar-refractivity contribution in [3.05, 3.63) is 29.8 Å². The average Bonchev–Trinajstić information content (AvgIpc) is 2.61. The Morgan fingerprint density at radius 2 is 2.08 bits per heavy atom. The van der Waals surface area contributed by atoms with Crippen LogP contribution in [-0.2, 0) is 16.1 Å². The molecule has 0 bridgehead atoms. The van der Waals surface area contributed by atoms with E-state index in [1.165, 1.54) is 0 Å². The van der Waals surface area contributed by atoms with Crippen LogP contribution >= 0.6 is 0 Å². The SMILES string of the molecule is COCC1(C(=O)NCc2cccc(OCCN(C)C)c2)CCNCC1. The summed E-state index contributed by atoms with van der Waals surface area (Å²) in [7, 11) is 5.70. The van der Waals surface area contributed by atoms with E-state index in [2.05, 4.69) is 15.5 Å². The Balaban J connectivity index is 1.90. The molecule has 25 heavy (non-hydrogen) atoms. The van der Waals surface area contributed by atoms with Gasteiger partial charge < -0.3 is 25.0 Å². The lowest BCUT2D eigenvalue weighted by Crippen LogP contribution is -2.49. The Bertz CT molecular complexity index is 537. The fourth-order valence-electron chi connectivity index (χ4n) is 3.08. The zero-order valence-corrected chi connectivity index (χ0v) is 15.6. The lowest BCUT2D eigenvalue weighted by Gasteiger charge is -2.35. The molecule has 0 aliphatic carbocycles. The maximum atomic E-state index is 12.8. The minimum absolute atomic E-state index is 0.0785. The standard InChI is InChI=1S/C19H31N3O3/c1-22(2)11-12-25-17-6-4-5-16(13-17)14-21-18(23)19(15-24-3)7-9-20-10-8-19/h4-6,13,20H,7-12,14-15H2,1-3H3,(H,21,23). The molecule has 1 aliphatic rings. The van der Waals surface area contributed by atoms with E-state index >= 15 is 0 Å². The van der Waals surface area contributed by atoms with Gasteiger partial charge in [0.2, 0.25) is 5.91 Å². The van der Waals surface area contributed by atoms with Crippen molar-refractivity contribution < 1.29 is 14.3 Å². The molecule has 0 radical (unpaired) electrons. The molecule has 2 N–H and O–H groups in total. The summed E-state index contributed by atoms with van der Waals surface area (Å²) in [6, 6.07) is 7.90. The molecule has 6 nitrogen and oxygen atoms in total. The van der Waals surface area contributed by atoms with Gasteiger partial charge in [-0.15, -0.1) is 0 Å². The second-order valence-corrected chi connectivity index (χ2v) is 6.95. The molecule has 2 rings (SSSR count). The Hall–Kier alpha value is -1.63. The highest BCUT2D eigenvalue weighted by Gasteiger charge is 2.39. The number of hydrogen-bond donors (Lipinski definition) is 2. The lowest BCUT2D eigenvalue weighted by molar-refractivity contribution is -0.136. The third-order valence-corrected chi connectivity index (χ3v) is 4.62. The van der Waals surface area contributed by atoms with Crippen molar-refractivity contribution in [2.45, 2.75) is 19.4 Å². The average molecular weight is 349 g/mol. The third-order valence-electron chi connectivity index (χ3n) is 4.62. The van der Waals surface area contributed by atoms with Gasteiger partial charge in [0.15, 0.2) is 0 Å². The van der Waals surface area contributed by atoms with E-state index < -0.39 is 5.41 Å². The van der Waals surface area contributed by atoms with Crippen LogP contribution in [0.15, 0.2) is 24.3 Å². The summed E-state index contributed by atoms with van der Waals surface area (Å²) in [4.78, 5) is 14.8. The van der Waals surface area contributed by atoms with E-state index in [4.69, 9.17) is 9.47 Å². The van der Waals surface area contributed by atoms with Crippen molar-refractivity contribution in [3.63, 3.8) is 0 Å². The summed E-state index contributed by atoms with van der Waals surface area (Å²) >= 11 is 0. The van der Waals surface area contributed by atoms with Crippen molar-refractivity contribution in [1.82, 2.24) is 15.5 Å². The van der Waals surface area contributed by atoms with Crippen LogP contribution in [0.25, 0.3) is 0 Å². The molecule has 140 valence electrons. The maximum absolute atomic E-state index is 12.8. The van der Waals surface area contributed by atoms with E-state index in [1.807, 2.05) is 38.4 Å². The minimum Gasteiger partial charge on any atom is -0.492 e. The molecule has 1 aliphatic heterocycles. The first-order valence-electron chi connectivity index (χ1n) is 8.90. The van der Waals surface area contributed by atoms with Gasteiger partial charge in [-0.05, 0) is 57.7 Å². The molecule has 0 atom stereocenters. The number of amides is 1. The normalized spacial score (nSPS) is 16.6. The first-order valence-corrected chi connectivity index (χ1v) is 8.90. The smallest absolute Gasteiger partial charge is 0.228 e. The van der Waals surface area contributed by atoms with Crippen molar-refractivity contribution in [3.8, 4) is 5.75 Å². The number of ether oxygens (including phenoxy) is 2. The minimum atomic E-state index is -0.417. The summed E-state index contributed by atoms with van der Waals surface area (Å²) < 4.78 is 11.1. The molecule has 1 fully saturated rings. The molecule has 1 aromatic rings. The number of nitrogens with one attached hydrogen (secondary N) is 2. The Kier molecular flexibility index (Phi) is 7.68. The van der Waals surface area contributed by atoms with Gasteiger partial charge in [-0.25, -0.2) is 0 Å². The van der Waals surface area contributed by atoms with Crippen molar-refractivity contribution in [2.75, 3.05) is 54.1 Å². The zero-order valence-electron chi connectivity index (χ0n) is 15.6. The number of carbonyl (C=O) groups excluding carboxylic acids is 1.